The SMILES string of the molecule is O=C(O)c1cc(F)cc(-c2cccc(-c3csc(-c4ccccc4)n3)c2)c1. The van der Waals surface area contributed by atoms with Crippen LogP contribution in [0.1, 0.15) is 10.4 Å². The van der Waals surface area contributed by atoms with Crippen LogP contribution < -0.4 is 0 Å². The van der Waals surface area contributed by atoms with Gasteiger partial charge < -0.3 is 5.11 Å². The van der Waals surface area contributed by atoms with Crippen molar-refractivity contribution in [3.8, 4) is 33.0 Å². The molecule has 0 radical (unpaired) electrons. The summed E-state index contributed by atoms with van der Waals surface area (Å²) < 4.78 is 13.8. The zero-order valence-electron chi connectivity index (χ0n) is 14.1. The second-order valence-electron chi connectivity index (χ2n) is 6.02. The molecule has 3 nitrogen and oxygen atoms in total. The first-order chi connectivity index (χ1) is 13.1. The third-order valence-corrected chi connectivity index (χ3v) is 5.05. The molecule has 27 heavy (non-hydrogen) atoms. The van der Waals surface area contributed by atoms with E-state index in [1.165, 1.54) is 12.1 Å². The third kappa shape index (κ3) is 3.64. The van der Waals surface area contributed by atoms with Crippen LogP contribution in [0.15, 0.2) is 78.2 Å². The van der Waals surface area contributed by atoms with Crippen molar-refractivity contribution in [1.29, 1.82) is 0 Å². The minimum atomic E-state index is -1.15. The van der Waals surface area contributed by atoms with Gasteiger partial charge in [-0.2, -0.15) is 0 Å². The normalized spacial score (nSPS) is 10.7. The monoisotopic (exact) mass is 375 g/mol. The Hall–Kier alpha value is -3.31. The molecule has 0 aliphatic rings. The fraction of sp³-hybridized carbons (Fsp3) is 0. The Morgan fingerprint density at radius 1 is 0.852 bits per heavy atom. The lowest BCUT2D eigenvalue weighted by molar-refractivity contribution is 0.0696. The van der Waals surface area contributed by atoms with Gasteiger partial charge in [-0.3, -0.25) is 0 Å². The van der Waals surface area contributed by atoms with E-state index in [-0.39, 0.29) is 5.56 Å². The summed E-state index contributed by atoms with van der Waals surface area (Å²) in [6.07, 6.45) is 0. The molecule has 132 valence electrons. The average Bonchev–Trinajstić information content (AvgIpc) is 3.18. The Kier molecular flexibility index (Phi) is 4.52. The highest BCUT2D eigenvalue weighted by Gasteiger charge is 2.11. The lowest BCUT2D eigenvalue weighted by atomic mass is 10.00. The number of carbonyl (C=O) groups is 1. The quantitative estimate of drug-likeness (QED) is 0.477. The van der Waals surface area contributed by atoms with Gasteiger partial charge in [0.15, 0.2) is 0 Å². The molecule has 0 aliphatic heterocycles. The van der Waals surface area contributed by atoms with Crippen molar-refractivity contribution in [1.82, 2.24) is 4.98 Å². The molecule has 1 heterocycles. The Bertz CT molecular complexity index is 1120. The van der Waals surface area contributed by atoms with Gasteiger partial charge in [0, 0.05) is 16.5 Å². The number of hydrogen-bond donors (Lipinski definition) is 1. The smallest absolute Gasteiger partial charge is 0.335 e. The van der Waals surface area contributed by atoms with E-state index in [0.717, 1.165) is 33.5 Å². The highest BCUT2D eigenvalue weighted by molar-refractivity contribution is 7.13. The van der Waals surface area contributed by atoms with Gasteiger partial charge in [0.1, 0.15) is 10.8 Å². The lowest BCUT2D eigenvalue weighted by Gasteiger charge is -2.06. The summed E-state index contributed by atoms with van der Waals surface area (Å²) in [5.41, 5.74) is 3.97. The maximum Gasteiger partial charge on any atom is 0.335 e. The fourth-order valence-corrected chi connectivity index (χ4v) is 3.69. The summed E-state index contributed by atoms with van der Waals surface area (Å²) in [6, 6.07) is 21.3. The van der Waals surface area contributed by atoms with E-state index in [2.05, 4.69) is 0 Å². The number of rotatable bonds is 4. The van der Waals surface area contributed by atoms with Gasteiger partial charge in [-0.05, 0) is 35.4 Å². The Labute approximate surface area is 159 Å². The van der Waals surface area contributed by atoms with Crippen LogP contribution >= 0.6 is 11.3 Å². The van der Waals surface area contributed by atoms with Crippen LogP contribution in [-0.4, -0.2) is 16.1 Å². The molecule has 0 fully saturated rings. The van der Waals surface area contributed by atoms with E-state index >= 15 is 0 Å². The zero-order valence-corrected chi connectivity index (χ0v) is 14.9. The first-order valence-corrected chi connectivity index (χ1v) is 9.14. The summed E-state index contributed by atoms with van der Waals surface area (Å²) in [5.74, 6) is -1.73. The number of hydrogen-bond acceptors (Lipinski definition) is 3. The summed E-state index contributed by atoms with van der Waals surface area (Å²) in [6.45, 7) is 0. The Balaban J connectivity index is 1.72. The first-order valence-electron chi connectivity index (χ1n) is 8.26. The average molecular weight is 375 g/mol. The van der Waals surface area contributed by atoms with E-state index < -0.39 is 11.8 Å². The third-order valence-electron chi connectivity index (χ3n) is 4.16. The summed E-state index contributed by atoms with van der Waals surface area (Å²) >= 11 is 1.56. The van der Waals surface area contributed by atoms with Crippen LogP contribution in [0, 0.1) is 5.82 Å². The van der Waals surface area contributed by atoms with E-state index in [0.29, 0.717) is 5.56 Å². The van der Waals surface area contributed by atoms with Crippen molar-refractivity contribution < 1.29 is 14.3 Å². The first kappa shape index (κ1) is 17.1. The molecule has 0 saturated carbocycles. The fourth-order valence-electron chi connectivity index (χ4n) is 2.86. The highest BCUT2D eigenvalue weighted by atomic mass is 32.1. The van der Waals surface area contributed by atoms with E-state index in [4.69, 9.17) is 10.1 Å². The van der Waals surface area contributed by atoms with Gasteiger partial charge in [-0.15, -0.1) is 11.3 Å². The van der Waals surface area contributed by atoms with Gasteiger partial charge >= 0.3 is 5.97 Å². The molecule has 1 N–H and O–H groups in total. The van der Waals surface area contributed by atoms with Gasteiger partial charge in [0.05, 0.1) is 11.3 Å². The molecule has 0 bridgehead atoms. The molecule has 4 rings (SSSR count). The number of halogens is 1. The van der Waals surface area contributed by atoms with Crippen molar-refractivity contribution >= 4 is 17.3 Å². The largest absolute Gasteiger partial charge is 0.478 e. The Morgan fingerprint density at radius 3 is 2.37 bits per heavy atom. The minimum Gasteiger partial charge on any atom is -0.478 e. The molecule has 0 atom stereocenters. The molecule has 0 unspecified atom stereocenters. The summed E-state index contributed by atoms with van der Waals surface area (Å²) in [4.78, 5) is 15.9. The van der Waals surface area contributed by atoms with Crippen molar-refractivity contribution in [2.24, 2.45) is 0 Å². The van der Waals surface area contributed by atoms with E-state index in [1.807, 2.05) is 60.0 Å². The maximum absolute atomic E-state index is 13.8. The highest BCUT2D eigenvalue weighted by Crippen LogP contribution is 2.31. The second kappa shape index (κ2) is 7.13. The van der Waals surface area contributed by atoms with Gasteiger partial charge in [-0.25, -0.2) is 14.2 Å². The molecule has 3 aromatic carbocycles. The number of carboxylic acids is 1. The Morgan fingerprint density at radius 2 is 1.59 bits per heavy atom. The van der Waals surface area contributed by atoms with Crippen LogP contribution in [0.3, 0.4) is 0 Å². The summed E-state index contributed by atoms with van der Waals surface area (Å²) in [7, 11) is 0. The number of nitrogens with zero attached hydrogens (tertiary/aromatic N) is 1. The molecule has 0 saturated heterocycles. The molecular weight excluding hydrogens is 361 g/mol. The standard InChI is InChI=1S/C22H14FNO2S/c23-19-11-17(10-18(12-19)22(25)26)15-7-4-8-16(9-15)20-13-27-21(24-20)14-5-2-1-3-6-14/h1-13H,(H,25,26). The molecule has 4 aromatic rings. The van der Waals surface area contributed by atoms with E-state index in [1.54, 1.807) is 11.3 Å². The number of benzene rings is 3. The maximum atomic E-state index is 13.8. The number of thiazole rings is 1. The molecule has 0 aliphatic carbocycles. The predicted molar refractivity (Wildman–Crippen MR) is 105 cm³/mol. The van der Waals surface area contributed by atoms with Crippen LogP contribution in [0.5, 0.6) is 0 Å². The molecule has 1 aromatic heterocycles. The van der Waals surface area contributed by atoms with Crippen molar-refractivity contribution in [3.63, 3.8) is 0 Å². The van der Waals surface area contributed by atoms with Gasteiger partial charge in [-0.1, -0.05) is 48.5 Å². The van der Waals surface area contributed by atoms with Gasteiger partial charge in [0.2, 0.25) is 0 Å². The number of aromatic carboxylic acids is 1. The molecular formula is C22H14FNO2S. The second-order valence-corrected chi connectivity index (χ2v) is 6.88. The molecule has 5 heteroatoms. The number of aromatic nitrogens is 1. The van der Waals surface area contributed by atoms with Crippen LogP contribution in [0.25, 0.3) is 33.0 Å². The lowest BCUT2D eigenvalue weighted by Crippen LogP contribution is -1.97. The summed E-state index contributed by atoms with van der Waals surface area (Å²) in [5, 5.41) is 12.1. The van der Waals surface area contributed by atoms with Crippen molar-refractivity contribution in [2.45, 2.75) is 0 Å². The molecule has 0 amide bonds. The van der Waals surface area contributed by atoms with E-state index in [9.17, 15) is 9.18 Å². The van der Waals surface area contributed by atoms with Gasteiger partial charge in [0.25, 0.3) is 0 Å². The van der Waals surface area contributed by atoms with Crippen LogP contribution in [0.4, 0.5) is 4.39 Å². The molecule has 0 spiro atoms. The predicted octanol–water partition coefficient (Wildman–Crippen LogP) is 5.98. The topological polar surface area (TPSA) is 50.2 Å². The zero-order chi connectivity index (χ0) is 18.8. The van der Waals surface area contributed by atoms with Crippen molar-refractivity contribution in [2.75, 3.05) is 0 Å². The van der Waals surface area contributed by atoms with Crippen LogP contribution in [-0.2, 0) is 0 Å². The van der Waals surface area contributed by atoms with Crippen molar-refractivity contribution in [3.05, 3.63) is 89.6 Å². The van der Waals surface area contributed by atoms with Crippen LogP contribution in [0.2, 0.25) is 0 Å². The number of carboxylic acid groups (broad SMARTS) is 1. The minimum absolute atomic E-state index is 0.0737.